The maximum atomic E-state index is 13.3. The van der Waals surface area contributed by atoms with Crippen molar-refractivity contribution in [2.24, 2.45) is 0 Å². The van der Waals surface area contributed by atoms with E-state index in [9.17, 15) is 9.59 Å². The summed E-state index contributed by atoms with van der Waals surface area (Å²) in [5.41, 5.74) is 6.38. The maximum Gasteiger partial charge on any atom is 0.330 e. The highest BCUT2D eigenvalue weighted by atomic mass is 16.5. The van der Waals surface area contributed by atoms with Crippen molar-refractivity contribution in [3.63, 3.8) is 0 Å². The SMILES string of the molecule is CCOC(=O)/C=C/c1ccc(CC(=O)NC(c2ccc(C)cc2)c2ccccc2N2CCCCC2)cc1. The second-order valence-electron chi connectivity index (χ2n) is 9.52. The van der Waals surface area contributed by atoms with Gasteiger partial charge in [0, 0.05) is 30.4 Å². The monoisotopic (exact) mass is 496 g/mol. The van der Waals surface area contributed by atoms with Crippen LogP contribution in [-0.4, -0.2) is 31.6 Å². The Hall–Kier alpha value is -3.86. The number of nitrogens with one attached hydrogen (secondary N) is 1. The third-order valence-electron chi connectivity index (χ3n) is 6.70. The van der Waals surface area contributed by atoms with Crippen molar-refractivity contribution < 1.29 is 14.3 Å². The average molecular weight is 497 g/mol. The lowest BCUT2D eigenvalue weighted by Gasteiger charge is -2.33. The van der Waals surface area contributed by atoms with Crippen molar-refractivity contribution in [1.82, 2.24) is 5.32 Å². The number of esters is 1. The predicted octanol–water partition coefficient (Wildman–Crippen LogP) is 6.01. The van der Waals surface area contributed by atoms with E-state index in [1.165, 1.54) is 36.6 Å². The number of piperidine rings is 1. The zero-order valence-electron chi connectivity index (χ0n) is 21.8. The number of aryl methyl sites for hydroxylation is 1. The summed E-state index contributed by atoms with van der Waals surface area (Å²) < 4.78 is 4.92. The molecular weight excluding hydrogens is 460 g/mol. The number of nitrogens with zero attached hydrogens (tertiary/aromatic N) is 1. The van der Waals surface area contributed by atoms with Crippen molar-refractivity contribution in [1.29, 1.82) is 0 Å². The van der Waals surface area contributed by atoms with Gasteiger partial charge in [0.2, 0.25) is 5.91 Å². The first-order valence-corrected chi connectivity index (χ1v) is 13.2. The standard InChI is InChI=1S/C32H36N2O3/c1-3-37-31(36)20-17-25-13-15-26(16-14-25)23-30(35)33-32(27-18-11-24(2)12-19-27)28-9-5-6-10-29(28)34-21-7-4-8-22-34/h5-6,9-20,32H,3-4,7-8,21-23H2,1-2H3,(H,33,35)/b20-17+. The van der Waals surface area contributed by atoms with Crippen molar-refractivity contribution in [3.05, 3.63) is 107 Å². The Kier molecular flexibility index (Phi) is 9.14. The molecule has 1 N–H and O–H groups in total. The van der Waals surface area contributed by atoms with E-state index >= 15 is 0 Å². The van der Waals surface area contributed by atoms with Crippen LogP contribution >= 0.6 is 0 Å². The molecule has 192 valence electrons. The van der Waals surface area contributed by atoms with Gasteiger partial charge in [0.25, 0.3) is 0 Å². The van der Waals surface area contributed by atoms with Crippen LogP contribution in [0.2, 0.25) is 0 Å². The van der Waals surface area contributed by atoms with Crippen LogP contribution in [0.1, 0.15) is 60.0 Å². The highest BCUT2D eigenvalue weighted by molar-refractivity contribution is 5.87. The topological polar surface area (TPSA) is 58.6 Å². The van der Waals surface area contributed by atoms with Gasteiger partial charge in [-0.2, -0.15) is 0 Å². The summed E-state index contributed by atoms with van der Waals surface area (Å²) in [6, 6.07) is 24.3. The summed E-state index contributed by atoms with van der Waals surface area (Å²) in [5.74, 6) is -0.397. The van der Waals surface area contributed by atoms with E-state index in [0.717, 1.165) is 35.3 Å². The Labute approximate surface area is 220 Å². The zero-order chi connectivity index (χ0) is 26.0. The quantitative estimate of drug-likeness (QED) is 0.291. The van der Waals surface area contributed by atoms with Gasteiger partial charge in [-0.15, -0.1) is 0 Å². The fourth-order valence-electron chi connectivity index (χ4n) is 4.75. The molecule has 0 radical (unpaired) electrons. The summed E-state index contributed by atoms with van der Waals surface area (Å²) in [6.07, 6.45) is 7.07. The van der Waals surface area contributed by atoms with Gasteiger partial charge in [-0.25, -0.2) is 4.79 Å². The van der Waals surface area contributed by atoms with Gasteiger partial charge >= 0.3 is 5.97 Å². The van der Waals surface area contributed by atoms with Gasteiger partial charge < -0.3 is 15.0 Å². The lowest BCUT2D eigenvalue weighted by molar-refractivity contribution is -0.137. The molecule has 0 aromatic heterocycles. The second kappa shape index (κ2) is 12.9. The molecule has 37 heavy (non-hydrogen) atoms. The normalized spacial score (nSPS) is 14.4. The smallest absolute Gasteiger partial charge is 0.330 e. The highest BCUT2D eigenvalue weighted by Gasteiger charge is 2.23. The van der Waals surface area contributed by atoms with Gasteiger partial charge in [-0.3, -0.25) is 4.79 Å². The molecule has 1 fully saturated rings. The summed E-state index contributed by atoms with van der Waals surface area (Å²) in [4.78, 5) is 27.3. The van der Waals surface area contributed by atoms with Gasteiger partial charge in [-0.05, 0) is 61.9 Å². The van der Waals surface area contributed by atoms with Crippen LogP contribution in [-0.2, 0) is 20.7 Å². The number of para-hydroxylation sites is 1. The number of hydrogen-bond donors (Lipinski definition) is 1. The Balaban J connectivity index is 1.53. The molecule has 4 rings (SSSR count). The number of anilines is 1. The van der Waals surface area contributed by atoms with Crippen LogP contribution in [0.4, 0.5) is 5.69 Å². The van der Waals surface area contributed by atoms with Crippen LogP contribution in [0.3, 0.4) is 0 Å². The minimum atomic E-state index is -0.363. The minimum Gasteiger partial charge on any atom is -0.463 e. The van der Waals surface area contributed by atoms with E-state index in [1.54, 1.807) is 13.0 Å². The van der Waals surface area contributed by atoms with Crippen LogP contribution in [0.5, 0.6) is 0 Å². The van der Waals surface area contributed by atoms with Crippen LogP contribution in [0, 0.1) is 6.92 Å². The zero-order valence-corrected chi connectivity index (χ0v) is 21.8. The third kappa shape index (κ3) is 7.32. The molecule has 1 aliphatic heterocycles. The summed E-state index contributed by atoms with van der Waals surface area (Å²) in [5, 5.41) is 3.33. The van der Waals surface area contributed by atoms with Crippen LogP contribution in [0.25, 0.3) is 6.08 Å². The van der Waals surface area contributed by atoms with E-state index in [0.29, 0.717) is 6.61 Å². The summed E-state index contributed by atoms with van der Waals surface area (Å²) in [6.45, 7) is 6.29. The number of hydrogen-bond acceptors (Lipinski definition) is 4. The number of ether oxygens (including phenoxy) is 1. The second-order valence-corrected chi connectivity index (χ2v) is 9.52. The van der Waals surface area contributed by atoms with E-state index in [4.69, 9.17) is 4.74 Å². The molecule has 1 amide bonds. The molecule has 0 bridgehead atoms. The third-order valence-corrected chi connectivity index (χ3v) is 6.70. The van der Waals surface area contributed by atoms with Crippen molar-refractivity contribution in [2.75, 3.05) is 24.6 Å². The lowest BCUT2D eigenvalue weighted by Crippen LogP contribution is -2.34. The summed E-state index contributed by atoms with van der Waals surface area (Å²) >= 11 is 0. The molecule has 5 nitrogen and oxygen atoms in total. The molecular formula is C32H36N2O3. The van der Waals surface area contributed by atoms with E-state index in [2.05, 4.69) is 65.7 Å². The number of amides is 1. The molecule has 1 saturated heterocycles. The first-order valence-electron chi connectivity index (χ1n) is 13.2. The predicted molar refractivity (Wildman–Crippen MR) is 149 cm³/mol. The molecule has 0 aliphatic carbocycles. The van der Waals surface area contributed by atoms with E-state index in [1.807, 2.05) is 24.3 Å². The van der Waals surface area contributed by atoms with Gasteiger partial charge in [0.15, 0.2) is 0 Å². The van der Waals surface area contributed by atoms with E-state index in [-0.39, 0.29) is 24.3 Å². The van der Waals surface area contributed by atoms with Gasteiger partial charge in [0.1, 0.15) is 0 Å². The Morgan fingerprint density at radius 1 is 0.946 bits per heavy atom. The van der Waals surface area contributed by atoms with Crippen molar-refractivity contribution in [2.45, 2.75) is 45.6 Å². The number of carbonyl (C=O) groups is 2. The van der Waals surface area contributed by atoms with E-state index < -0.39 is 0 Å². The number of carbonyl (C=O) groups excluding carboxylic acids is 2. The molecule has 1 unspecified atom stereocenters. The van der Waals surface area contributed by atoms with Gasteiger partial charge in [0.05, 0.1) is 19.1 Å². The van der Waals surface area contributed by atoms with Gasteiger partial charge in [-0.1, -0.05) is 72.3 Å². The molecule has 0 saturated carbocycles. The Bertz CT molecular complexity index is 1210. The molecule has 3 aromatic rings. The summed E-state index contributed by atoms with van der Waals surface area (Å²) in [7, 11) is 0. The van der Waals surface area contributed by atoms with Crippen LogP contribution in [0.15, 0.2) is 78.9 Å². The van der Waals surface area contributed by atoms with Crippen molar-refractivity contribution >= 4 is 23.6 Å². The van der Waals surface area contributed by atoms with Crippen LogP contribution < -0.4 is 10.2 Å². The average Bonchev–Trinajstić information content (AvgIpc) is 2.93. The number of benzene rings is 3. The highest BCUT2D eigenvalue weighted by Crippen LogP contribution is 2.32. The molecule has 1 aliphatic rings. The fraction of sp³-hybridized carbons (Fsp3) is 0.312. The number of rotatable bonds is 9. The Morgan fingerprint density at radius 3 is 2.35 bits per heavy atom. The minimum absolute atomic E-state index is 0.0335. The molecule has 0 spiro atoms. The molecule has 3 aromatic carbocycles. The fourth-order valence-corrected chi connectivity index (χ4v) is 4.75. The Morgan fingerprint density at radius 2 is 1.65 bits per heavy atom. The molecule has 5 heteroatoms. The largest absolute Gasteiger partial charge is 0.463 e. The first-order chi connectivity index (χ1) is 18.0. The molecule has 1 heterocycles. The molecule has 1 atom stereocenters. The lowest BCUT2D eigenvalue weighted by atomic mass is 9.94. The van der Waals surface area contributed by atoms with Crippen molar-refractivity contribution in [3.8, 4) is 0 Å². The first kappa shape index (κ1) is 26.2. The maximum absolute atomic E-state index is 13.3.